The van der Waals surface area contributed by atoms with Crippen molar-refractivity contribution in [3.63, 3.8) is 0 Å². The molecule has 0 spiro atoms. The lowest BCUT2D eigenvalue weighted by molar-refractivity contribution is 0.556. The van der Waals surface area contributed by atoms with Crippen LogP contribution in [0.5, 0.6) is 0 Å². The maximum Gasteiger partial charge on any atom is 0.0220 e. The van der Waals surface area contributed by atoms with Gasteiger partial charge in [0.05, 0.1) is 0 Å². The summed E-state index contributed by atoms with van der Waals surface area (Å²) >= 11 is 0. The van der Waals surface area contributed by atoms with Crippen LogP contribution in [-0.2, 0) is 0 Å². The zero-order valence-electron chi connectivity index (χ0n) is 6.56. The van der Waals surface area contributed by atoms with E-state index in [4.69, 9.17) is 0 Å². The summed E-state index contributed by atoms with van der Waals surface area (Å²) in [5.41, 5.74) is 0. The van der Waals surface area contributed by atoms with Crippen molar-refractivity contribution in [1.82, 2.24) is 4.90 Å². The largest absolute Gasteiger partial charge is 0.301 e. The molecule has 1 aliphatic heterocycles. The number of likely N-dealkylation sites (N-methyl/N-ethyl adjacent to an activating group) is 1. The summed E-state index contributed by atoms with van der Waals surface area (Å²) < 4.78 is 0. The molecule has 54 valence electrons. The lowest BCUT2D eigenvalue weighted by atomic mass is 10.2. The standard InChI is InChI=1S/C8H17N/c1-3-4-5-6-8-7-9(8)2/h8H,3-7H2,1-2H3. The van der Waals surface area contributed by atoms with Crippen LogP contribution in [0.4, 0.5) is 0 Å². The first-order valence-corrected chi connectivity index (χ1v) is 4.05. The molecule has 0 aliphatic carbocycles. The monoisotopic (exact) mass is 127 g/mol. The van der Waals surface area contributed by atoms with Crippen molar-refractivity contribution in [3.8, 4) is 0 Å². The first-order chi connectivity index (χ1) is 4.34. The van der Waals surface area contributed by atoms with E-state index in [-0.39, 0.29) is 0 Å². The van der Waals surface area contributed by atoms with Crippen LogP contribution >= 0.6 is 0 Å². The second-order valence-corrected chi connectivity index (χ2v) is 3.09. The number of hydrogen-bond donors (Lipinski definition) is 0. The molecular formula is C8H17N. The normalized spacial score (nSPS) is 32.7. The highest BCUT2D eigenvalue weighted by Gasteiger charge is 2.27. The maximum absolute atomic E-state index is 2.41. The SMILES string of the molecule is CCCCCC1CN1C. The van der Waals surface area contributed by atoms with E-state index in [2.05, 4.69) is 18.9 Å². The molecule has 1 fully saturated rings. The molecule has 1 saturated heterocycles. The Labute approximate surface area is 58.0 Å². The molecule has 0 aromatic carbocycles. The zero-order chi connectivity index (χ0) is 6.69. The van der Waals surface area contributed by atoms with Crippen molar-refractivity contribution in [3.05, 3.63) is 0 Å². The van der Waals surface area contributed by atoms with Crippen molar-refractivity contribution < 1.29 is 0 Å². The molecule has 2 unspecified atom stereocenters. The van der Waals surface area contributed by atoms with Gasteiger partial charge in [-0.05, 0) is 13.5 Å². The molecule has 9 heavy (non-hydrogen) atoms. The van der Waals surface area contributed by atoms with E-state index in [9.17, 15) is 0 Å². The Balaban J connectivity index is 1.83. The average Bonchev–Trinajstić information content (AvgIpc) is 2.48. The summed E-state index contributed by atoms with van der Waals surface area (Å²) in [6.45, 7) is 3.61. The zero-order valence-corrected chi connectivity index (χ0v) is 6.56. The van der Waals surface area contributed by atoms with Gasteiger partial charge < -0.3 is 4.90 Å². The van der Waals surface area contributed by atoms with Crippen LogP contribution in [0.25, 0.3) is 0 Å². The second kappa shape index (κ2) is 3.21. The van der Waals surface area contributed by atoms with Crippen molar-refractivity contribution in [2.75, 3.05) is 13.6 Å². The fourth-order valence-electron chi connectivity index (χ4n) is 1.23. The first kappa shape index (κ1) is 7.07. The highest BCUT2D eigenvalue weighted by atomic mass is 15.3. The molecule has 1 nitrogen and oxygen atoms in total. The molecule has 1 rings (SSSR count). The molecule has 1 heteroatoms. The van der Waals surface area contributed by atoms with Crippen LogP contribution in [0.3, 0.4) is 0 Å². The van der Waals surface area contributed by atoms with Crippen LogP contribution in [0, 0.1) is 0 Å². The minimum atomic E-state index is 0.955. The van der Waals surface area contributed by atoms with Gasteiger partial charge in [-0.15, -0.1) is 0 Å². The lowest BCUT2D eigenvalue weighted by Crippen LogP contribution is -1.92. The minimum Gasteiger partial charge on any atom is -0.301 e. The van der Waals surface area contributed by atoms with E-state index >= 15 is 0 Å². The van der Waals surface area contributed by atoms with Gasteiger partial charge in [0.2, 0.25) is 0 Å². The van der Waals surface area contributed by atoms with E-state index in [1.807, 2.05) is 0 Å². The minimum absolute atomic E-state index is 0.955. The molecular weight excluding hydrogens is 110 g/mol. The van der Waals surface area contributed by atoms with Gasteiger partial charge in [-0.25, -0.2) is 0 Å². The predicted octanol–water partition coefficient (Wildman–Crippen LogP) is 1.88. The fraction of sp³-hybridized carbons (Fsp3) is 1.00. The molecule has 1 heterocycles. The van der Waals surface area contributed by atoms with Gasteiger partial charge in [0.25, 0.3) is 0 Å². The molecule has 2 atom stereocenters. The van der Waals surface area contributed by atoms with Crippen LogP contribution in [0.2, 0.25) is 0 Å². The molecule has 0 aromatic rings. The van der Waals surface area contributed by atoms with Crippen molar-refractivity contribution in [1.29, 1.82) is 0 Å². The Kier molecular flexibility index (Phi) is 2.52. The average molecular weight is 127 g/mol. The fourth-order valence-corrected chi connectivity index (χ4v) is 1.23. The molecule has 0 saturated carbocycles. The summed E-state index contributed by atoms with van der Waals surface area (Å²) in [6.07, 6.45) is 5.65. The molecule has 1 aliphatic rings. The van der Waals surface area contributed by atoms with Gasteiger partial charge in [0.1, 0.15) is 0 Å². The summed E-state index contributed by atoms with van der Waals surface area (Å²) in [7, 11) is 2.20. The first-order valence-electron chi connectivity index (χ1n) is 4.05. The smallest absolute Gasteiger partial charge is 0.0220 e. The third-order valence-corrected chi connectivity index (χ3v) is 2.13. The topological polar surface area (TPSA) is 3.01 Å². The van der Waals surface area contributed by atoms with Crippen LogP contribution < -0.4 is 0 Å². The van der Waals surface area contributed by atoms with Gasteiger partial charge in [-0.2, -0.15) is 0 Å². The van der Waals surface area contributed by atoms with Crippen LogP contribution in [0.1, 0.15) is 32.6 Å². The van der Waals surface area contributed by atoms with Gasteiger partial charge in [0, 0.05) is 12.6 Å². The highest BCUT2D eigenvalue weighted by Crippen LogP contribution is 2.19. The Morgan fingerprint density at radius 3 is 2.56 bits per heavy atom. The van der Waals surface area contributed by atoms with Crippen LogP contribution in [-0.4, -0.2) is 24.5 Å². The van der Waals surface area contributed by atoms with Gasteiger partial charge in [0.15, 0.2) is 0 Å². The van der Waals surface area contributed by atoms with Crippen molar-refractivity contribution >= 4 is 0 Å². The Morgan fingerprint density at radius 1 is 1.44 bits per heavy atom. The third kappa shape index (κ3) is 2.35. The number of unbranched alkanes of at least 4 members (excludes halogenated alkanes) is 2. The van der Waals surface area contributed by atoms with E-state index in [0.29, 0.717) is 0 Å². The molecule has 0 radical (unpaired) electrons. The maximum atomic E-state index is 2.41. The summed E-state index contributed by atoms with van der Waals surface area (Å²) in [6, 6.07) is 0.955. The van der Waals surface area contributed by atoms with E-state index in [1.54, 1.807) is 0 Å². The highest BCUT2D eigenvalue weighted by molar-refractivity contribution is 4.84. The molecule has 0 N–H and O–H groups in total. The van der Waals surface area contributed by atoms with Gasteiger partial charge >= 0.3 is 0 Å². The van der Waals surface area contributed by atoms with E-state index in [0.717, 1.165) is 6.04 Å². The van der Waals surface area contributed by atoms with E-state index in [1.165, 1.54) is 32.2 Å². The number of hydrogen-bond acceptors (Lipinski definition) is 1. The van der Waals surface area contributed by atoms with Crippen molar-refractivity contribution in [2.24, 2.45) is 0 Å². The third-order valence-electron chi connectivity index (χ3n) is 2.13. The van der Waals surface area contributed by atoms with Gasteiger partial charge in [-0.3, -0.25) is 0 Å². The number of nitrogens with zero attached hydrogens (tertiary/aromatic N) is 1. The second-order valence-electron chi connectivity index (χ2n) is 3.09. The van der Waals surface area contributed by atoms with Gasteiger partial charge in [-0.1, -0.05) is 26.2 Å². The molecule has 0 aromatic heterocycles. The molecule has 0 bridgehead atoms. The summed E-state index contributed by atoms with van der Waals surface area (Å²) in [4.78, 5) is 2.41. The molecule has 0 amide bonds. The summed E-state index contributed by atoms with van der Waals surface area (Å²) in [5, 5.41) is 0. The Bertz CT molecular complexity index is 80.6. The van der Waals surface area contributed by atoms with Crippen LogP contribution in [0.15, 0.2) is 0 Å². The lowest BCUT2D eigenvalue weighted by Gasteiger charge is -1.94. The summed E-state index contributed by atoms with van der Waals surface area (Å²) in [5.74, 6) is 0. The quantitative estimate of drug-likeness (QED) is 0.411. The number of rotatable bonds is 4. The Morgan fingerprint density at radius 2 is 2.11 bits per heavy atom. The predicted molar refractivity (Wildman–Crippen MR) is 40.6 cm³/mol. The Hall–Kier alpha value is -0.0400. The van der Waals surface area contributed by atoms with E-state index < -0.39 is 0 Å². The van der Waals surface area contributed by atoms with Crippen molar-refractivity contribution in [2.45, 2.75) is 38.6 Å².